The maximum Gasteiger partial charge on any atom is 0.255 e. The van der Waals surface area contributed by atoms with Crippen LogP contribution in [0, 0.1) is 17.8 Å². The predicted octanol–water partition coefficient (Wildman–Crippen LogP) is -0.286. The van der Waals surface area contributed by atoms with Gasteiger partial charge in [-0.3, -0.25) is 19.3 Å². The number of thiol groups is 1. The molecule has 6 N–H and O–H groups in total. The number of aliphatic hydroxyl groups is 3. The molecule has 1 aromatic rings. The van der Waals surface area contributed by atoms with Crippen LogP contribution in [-0.4, -0.2) is 74.6 Å². The van der Waals surface area contributed by atoms with Gasteiger partial charge in [-0.2, -0.15) is 12.6 Å². The summed E-state index contributed by atoms with van der Waals surface area (Å²) in [4.78, 5) is 39.7. The number of hydrogen-bond donors (Lipinski definition) is 6. The average Bonchev–Trinajstić information content (AvgIpc) is 2.68. The quantitative estimate of drug-likeness (QED) is 0.266. The first-order chi connectivity index (χ1) is 14.4. The van der Waals surface area contributed by atoms with Crippen LogP contribution in [0.15, 0.2) is 29.5 Å². The molecular formula is C21H24N2O7S. The van der Waals surface area contributed by atoms with Crippen molar-refractivity contribution >= 4 is 30.1 Å². The molecule has 10 heteroatoms. The maximum atomic E-state index is 13.3. The number of primary amides is 1. The van der Waals surface area contributed by atoms with Crippen molar-refractivity contribution in [3.8, 4) is 5.75 Å². The fourth-order valence-electron chi connectivity index (χ4n) is 5.64. The van der Waals surface area contributed by atoms with E-state index in [0.717, 1.165) is 0 Å². The highest BCUT2D eigenvalue weighted by Crippen LogP contribution is 2.57. The minimum Gasteiger partial charge on any atom is -0.508 e. The van der Waals surface area contributed by atoms with E-state index in [1.807, 2.05) is 0 Å². The number of fused-ring (bicyclic) bond motifs is 3. The van der Waals surface area contributed by atoms with E-state index in [9.17, 15) is 34.8 Å². The number of phenols is 1. The number of hydrogen-bond acceptors (Lipinski definition) is 9. The van der Waals surface area contributed by atoms with E-state index in [0.29, 0.717) is 5.56 Å². The summed E-state index contributed by atoms with van der Waals surface area (Å²) >= 11 is 4.65. The minimum absolute atomic E-state index is 0.000473. The van der Waals surface area contributed by atoms with E-state index < -0.39 is 69.6 Å². The van der Waals surface area contributed by atoms with Gasteiger partial charge in [0.25, 0.3) is 5.91 Å². The van der Waals surface area contributed by atoms with E-state index in [1.165, 1.54) is 11.0 Å². The number of aromatic hydroxyl groups is 1. The minimum atomic E-state index is -2.46. The molecule has 0 radical (unpaired) electrons. The summed E-state index contributed by atoms with van der Waals surface area (Å²) in [5.74, 6) is -6.74. The van der Waals surface area contributed by atoms with Gasteiger partial charge in [0.15, 0.2) is 17.2 Å². The Morgan fingerprint density at radius 2 is 1.87 bits per heavy atom. The lowest BCUT2D eigenvalue weighted by Gasteiger charge is -2.56. The third kappa shape index (κ3) is 2.72. The van der Waals surface area contributed by atoms with Crippen LogP contribution in [0.25, 0.3) is 0 Å². The molecule has 1 aromatic carbocycles. The number of benzene rings is 1. The van der Waals surface area contributed by atoms with Gasteiger partial charge in [0.2, 0.25) is 0 Å². The molecule has 0 saturated heterocycles. The van der Waals surface area contributed by atoms with Gasteiger partial charge >= 0.3 is 0 Å². The van der Waals surface area contributed by atoms with Crippen LogP contribution in [0.5, 0.6) is 5.75 Å². The van der Waals surface area contributed by atoms with Gasteiger partial charge in [-0.25, -0.2) is 0 Å². The highest BCUT2D eigenvalue weighted by molar-refractivity contribution is 7.80. The molecule has 0 aliphatic heterocycles. The first-order valence-corrected chi connectivity index (χ1v) is 10.3. The maximum absolute atomic E-state index is 13.3. The molecule has 0 bridgehead atoms. The largest absolute Gasteiger partial charge is 0.508 e. The van der Waals surface area contributed by atoms with Crippen LogP contribution in [-0.2, 0) is 9.59 Å². The van der Waals surface area contributed by atoms with Crippen LogP contribution >= 0.6 is 12.6 Å². The van der Waals surface area contributed by atoms with Gasteiger partial charge in [0.1, 0.15) is 23.2 Å². The summed E-state index contributed by atoms with van der Waals surface area (Å²) in [6.45, 7) is 0. The molecule has 5 unspecified atom stereocenters. The van der Waals surface area contributed by atoms with E-state index >= 15 is 0 Å². The molecule has 0 heterocycles. The second kappa shape index (κ2) is 7.06. The number of rotatable bonds is 2. The Morgan fingerprint density at radius 3 is 2.45 bits per heavy atom. The standard InChI is InChI=1S/C21H24N2O7S/c1-23(2)14-9-6-8-12(15(25)11-7(17(8)31)4-3-5-10(11)24)18(27)21(9,30)19(28)13(16(14)26)20(22)29/h3-5,8-9,12,14,17-18,24,27-28,30-31H,6H2,1-2H3,(H2,22,29)/t8?,9?,12?,14-,17?,18?,21-/m0/s1. The third-order valence-electron chi connectivity index (χ3n) is 7.01. The number of Topliss-reactive ketones (excluding diaryl/α,β-unsaturated/α-hetero) is 2. The van der Waals surface area contributed by atoms with Gasteiger partial charge < -0.3 is 26.2 Å². The number of amides is 1. The Bertz CT molecular complexity index is 1040. The van der Waals surface area contributed by atoms with E-state index in [1.54, 1.807) is 26.2 Å². The average molecular weight is 448 g/mol. The number of ketones is 2. The topological polar surface area (TPSA) is 161 Å². The molecule has 3 aliphatic carbocycles. The van der Waals surface area contributed by atoms with Crippen molar-refractivity contribution in [2.24, 2.45) is 23.5 Å². The number of carbonyl (C=O) groups excluding carboxylic acids is 3. The summed E-state index contributed by atoms with van der Waals surface area (Å²) in [7, 11) is 3.14. The summed E-state index contributed by atoms with van der Waals surface area (Å²) in [6.07, 6.45) is -1.81. The van der Waals surface area contributed by atoms with Crippen molar-refractivity contribution in [1.82, 2.24) is 4.90 Å². The van der Waals surface area contributed by atoms with E-state index in [2.05, 4.69) is 12.6 Å². The number of aliphatic hydroxyl groups excluding tert-OH is 2. The Hall–Kier alpha value is -2.40. The van der Waals surface area contributed by atoms with E-state index in [4.69, 9.17) is 5.73 Å². The molecular weight excluding hydrogens is 424 g/mol. The summed E-state index contributed by atoms with van der Waals surface area (Å²) in [6, 6.07) is 3.52. The number of phenolic OH excluding ortho intramolecular Hbond substituents is 1. The zero-order chi connectivity index (χ0) is 23.0. The second-order valence-electron chi connectivity index (χ2n) is 8.71. The zero-order valence-electron chi connectivity index (χ0n) is 16.9. The number of likely N-dealkylation sites (N-methyl/N-ethyl adjacent to an activating group) is 1. The lowest BCUT2D eigenvalue weighted by molar-refractivity contribution is -0.183. The number of carbonyl (C=O) groups is 3. The predicted molar refractivity (Wildman–Crippen MR) is 112 cm³/mol. The molecule has 166 valence electrons. The van der Waals surface area contributed by atoms with Crippen LogP contribution < -0.4 is 5.73 Å². The van der Waals surface area contributed by atoms with Gasteiger partial charge in [0, 0.05) is 11.2 Å². The van der Waals surface area contributed by atoms with Crippen molar-refractivity contribution in [2.45, 2.75) is 29.4 Å². The molecule has 1 saturated carbocycles. The van der Waals surface area contributed by atoms with Crippen LogP contribution in [0.2, 0.25) is 0 Å². The van der Waals surface area contributed by atoms with Crippen LogP contribution in [0.1, 0.15) is 27.6 Å². The van der Waals surface area contributed by atoms with Gasteiger partial charge in [-0.05, 0) is 38.1 Å². The Kier molecular flexibility index (Phi) is 4.97. The van der Waals surface area contributed by atoms with E-state index in [-0.39, 0.29) is 17.7 Å². The Morgan fingerprint density at radius 1 is 1.23 bits per heavy atom. The van der Waals surface area contributed by atoms with Crippen molar-refractivity contribution in [2.75, 3.05) is 14.1 Å². The highest BCUT2D eigenvalue weighted by Gasteiger charge is 2.66. The fourth-order valence-corrected chi connectivity index (χ4v) is 6.17. The molecule has 0 aromatic heterocycles. The SMILES string of the molecule is CN(C)[C@@H]1C(=O)C(C(N)=O)=C(O)[C@@]2(O)C(O)C3C(=O)c4c(O)cccc4C(S)C3CC12. The van der Waals surface area contributed by atoms with Crippen molar-refractivity contribution in [1.29, 1.82) is 0 Å². The van der Waals surface area contributed by atoms with Gasteiger partial charge in [-0.1, -0.05) is 12.1 Å². The van der Waals surface area contributed by atoms with Crippen molar-refractivity contribution in [3.63, 3.8) is 0 Å². The fraction of sp³-hybridized carbons (Fsp3) is 0.476. The molecule has 4 rings (SSSR count). The normalized spacial score (nSPS) is 37.4. The summed E-state index contributed by atoms with van der Waals surface area (Å²) in [5, 5.41) is 43.3. The second-order valence-corrected chi connectivity index (χ2v) is 9.27. The van der Waals surface area contributed by atoms with Crippen LogP contribution in [0.4, 0.5) is 0 Å². The first-order valence-electron chi connectivity index (χ1n) is 9.83. The number of nitrogens with zero attached hydrogens (tertiary/aromatic N) is 1. The summed E-state index contributed by atoms with van der Waals surface area (Å²) < 4.78 is 0. The first kappa shape index (κ1) is 21.8. The Balaban J connectivity index is 1.94. The summed E-state index contributed by atoms with van der Waals surface area (Å²) in [5.41, 5.74) is 2.55. The van der Waals surface area contributed by atoms with Crippen molar-refractivity contribution < 1.29 is 34.8 Å². The lowest BCUT2D eigenvalue weighted by atomic mass is 9.53. The molecule has 1 fully saturated rings. The highest BCUT2D eigenvalue weighted by atomic mass is 32.1. The van der Waals surface area contributed by atoms with Crippen molar-refractivity contribution in [3.05, 3.63) is 40.7 Å². The molecule has 3 aliphatic rings. The number of nitrogens with two attached hydrogens (primary N) is 1. The molecule has 31 heavy (non-hydrogen) atoms. The zero-order valence-corrected chi connectivity index (χ0v) is 17.8. The van der Waals surface area contributed by atoms with Gasteiger partial charge in [0.05, 0.1) is 17.5 Å². The molecule has 9 nitrogen and oxygen atoms in total. The monoisotopic (exact) mass is 448 g/mol. The smallest absolute Gasteiger partial charge is 0.255 e. The Labute approximate surface area is 183 Å². The lowest BCUT2D eigenvalue weighted by Crippen LogP contribution is -2.69. The molecule has 1 amide bonds. The molecule has 7 atom stereocenters. The molecule has 0 spiro atoms. The third-order valence-corrected chi connectivity index (χ3v) is 7.67. The van der Waals surface area contributed by atoms with Gasteiger partial charge in [-0.15, -0.1) is 0 Å². The van der Waals surface area contributed by atoms with Crippen LogP contribution in [0.3, 0.4) is 0 Å².